The second-order valence-electron chi connectivity index (χ2n) is 5.86. The number of ether oxygens (including phenoxy) is 1. The molecule has 0 bridgehead atoms. The smallest absolute Gasteiger partial charge is 0.262 e. The summed E-state index contributed by atoms with van der Waals surface area (Å²) in [5.41, 5.74) is 5.05. The van der Waals surface area contributed by atoms with E-state index in [1.54, 1.807) is 0 Å². The molecular weight excluding hydrogens is 322 g/mol. The first-order valence-electron chi connectivity index (χ1n) is 8.26. The first-order chi connectivity index (χ1) is 11.5. The van der Waals surface area contributed by atoms with Crippen LogP contribution in [0.3, 0.4) is 0 Å². The van der Waals surface area contributed by atoms with Crippen molar-refractivity contribution in [1.29, 1.82) is 0 Å². The maximum absolute atomic E-state index is 12.3. The van der Waals surface area contributed by atoms with Crippen molar-refractivity contribution < 1.29 is 9.53 Å². The number of carbonyl (C=O) groups is 1. The number of aryl methyl sites for hydroxylation is 4. The molecule has 0 aliphatic carbocycles. The molecule has 4 heteroatoms. The number of hydrogen-bond acceptors (Lipinski definition) is 2. The Labute approximate surface area is 149 Å². The minimum Gasteiger partial charge on any atom is -0.483 e. The molecule has 0 heterocycles. The average molecular weight is 346 g/mol. The SMILES string of the molecule is CCc1cccc(CC)c1NC(=O)COc1c(C)cc(Cl)cc1C. The zero-order chi connectivity index (χ0) is 17.7. The van der Waals surface area contributed by atoms with Crippen LogP contribution in [0.15, 0.2) is 30.3 Å². The van der Waals surface area contributed by atoms with Gasteiger partial charge in [-0.05, 0) is 61.1 Å². The van der Waals surface area contributed by atoms with Gasteiger partial charge in [-0.15, -0.1) is 0 Å². The molecule has 0 aromatic heterocycles. The quantitative estimate of drug-likeness (QED) is 0.791. The van der Waals surface area contributed by atoms with Crippen molar-refractivity contribution >= 4 is 23.2 Å². The minimum absolute atomic E-state index is 0.0233. The molecule has 0 atom stereocenters. The summed E-state index contributed by atoms with van der Waals surface area (Å²) in [6.07, 6.45) is 1.75. The summed E-state index contributed by atoms with van der Waals surface area (Å²) in [5.74, 6) is 0.563. The fourth-order valence-electron chi connectivity index (χ4n) is 2.84. The standard InChI is InChI=1S/C20H24ClNO2/c1-5-15-8-7-9-16(6-2)19(15)22-18(23)12-24-20-13(3)10-17(21)11-14(20)4/h7-11H,5-6,12H2,1-4H3,(H,22,23). The fourth-order valence-corrected chi connectivity index (χ4v) is 3.17. The Kier molecular flexibility index (Phi) is 6.27. The van der Waals surface area contributed by atoms with Gasteiger partial charge in [0, 0.05) is 10.7 Å². The van der Waals surface area contributed by atoms with E-state index in [9.17, 15) is 4.79 Å². The van der Waals surface area contributed by atoms with E-state index < -0.39 is 0 Å². The van der Waals surface area contributed by atoms with Crippen molar-refractivity contribution in [3.8, 4) is 5.75 Å². The van der Waals surface area contributed by atoms with Crippen LogP contribution in [0.2, 0.25) is 5.02 Å². The van der Waals surface area contributed by atoms with Gasteiger partial charge >= 0.3 is 0 Å². The highest BCUT2D eigenvalue weighted by Crippen LogP contribution is 2.27. The number of halogens is 1. The second-order valence-corrected chi connectivity index (χ2v) is 6.30. The molecule has 0 saturated heterocycles. The van der Waals surface area contributed by atoms with Gasteiger partial charge in [0.05, 0.1) is 0 Å². The third kappa shape index (κ3) is 4.30. The molecule has 2 aromatic carbocycles. The van der Waals surface area contributed by atoms with Crippen LogP contribution in [0.1, 0.15) is 36.1 Å². The highest BCUT2D eigenvalue weighted by Gasteiger charge is 2.12. The zero-order valence-electron chi connectivity index (χ0n) is 14.7. The van der Waals surface area contributed by atoms with Crippen LogP contribution in [0.5, 0.6) is 5.75 Å². The highest BCUT2D eigenvalue weighted by molar-refractivity contribution is 6.30. The number of anilines is 1. The van der Waals surface area contributed by atoms with Crippen LogP contribution in [-0.2, 0) is 17.6 Å². The first kappa shape index (κ1) is 18.3. The van der Waals surface area contributed by atoms with Crippen LogP contribution < -0.4 is 10.1 Å². The Morgan fingerprint density at radius 1 is 1.08 bits per heavy atom. The molecule has 0 spiro atoms. The number of para-hydroxylation sites is 1. The van der Waals surface area contributed by atoms with Crippen LogP contribution in [-0.4, -0.2) is 12.5 Å². The molecule has 0 unspecified atom stereocenters. The third-order valence-electron chi connectivity index (χ3n) is 4.04. The van der Waals surface area contributed by atoms with E-state index in [0.717, 1.165) is 40.8 Å². The van der Waals surface area contributed by atoms with Gasteiger partial charge in [-0.25, -0.2) is 0 Å². The van der Waals surface area contributed by atoms with Gasteiger partial charge in [-0.1, -0.05) is 43.6 Å². The summed E-state index contributed by atoms with van der Waals surface area (Å²) in [5, 5.41) is 3.68. The van der Waals surface area contributed by atoms with Gasteiger partial charge in [0.15, 0.2) is 6.61 Å². The monoisotopic (exact) mass is 345 g/mol. The molecule has 2 rings (SSSR count). The summed E-state index contributed by atoms with van der Waals surface area (Å²) < 4.78 is 5.73. The fraction of sp³-hybridized carbons (Fsp3) is 0.350. The van der Waals surface area contributed by atoms with Crippen molar-refractivity contribution in [3.63, 3.8) is 0 Å². The van der Waals surface area contributed by atoms with E-state index in [0.29, 0.717) is 10.8 Å². The lowest BCUT2D eigenvalue weighted by Gasteiger charge is -2.16. The third-order valence-corrected chi connectivity index (χ3v) is 4.25. The molecule has 2 aromatic rings. The Bertz CT molecular complexity index is 695. The van der Waals surface area contributed by atoms with Gasteiger partial charge in [-0.3, -0.25) is 4.79 Å². The van der Waals surface area contributed by atoms with Crippen molar-refractivity contribution in [1.82, 2.24) is 0 Å². The van der Waals surface area contributed by atoms with Gasteiger partial charge in [-0.2, -0.15) is 0 Å². The second kappa shape index (κ2) is 8.20. The van der Waals surface area contributed by atoms with Crippen LogP contribution >= 0.6 is 11.6 Å². The largest absolute Gasteiger partial charge is 0.483 e. The summed E-state index contributed by atoms with van der Waals surface area (Å²) in [6.45, 7) is 7.99. The molecule has 0 radical (unpaired) electrons. The molecule has 0 aliphatic heterocycles. The molecule has 3 nitrogen and oxygen atoms in total. The number of carbonyl (C=O) groups excluding carboxylic acids is 1. The van der Waals surface area contributed by atoms with Gasteiger partial charge in [0.25, 0.3) is 5.91 Å². The molecule has 128 valence electrons. The van der Waals surface area contributed by atoms with E-state index in [-0.39, 0.29) is 12.5 Å². The maximum atomic E-state index is 12.3. The minimum atomic E-state index is -0.153. The summed E-state index contributed by atoms with van der Waals surface area (Å²) in [4.78, 5) is 12.3. The number of hydrogen-bond donors (Lipinski definition) is 1. The van der Waals surface area contributed by atoms with E-state index in [1.807, 2.05) is 44.2 Å². The van der Waals surface area contributed by atoms with E-state index in [2.05, 4.69) is 19.2 Å². The van der Waals surface area contributed by atoms with Gasteiger partial charge < -0.3 is 10.1 Å². The lowest BCUT2D eigenvalue weighted by molar-refractivity contribution is -0.118. The molecule has 0 fully saturated rings. The summed E-state index contributed by atoms with van der Waals surface area (Å²) in [6, 6.07) is 9.79. The normalized spacial score (nSPS) is 10.5. The van der Waals surface area contributed by atoms with E-state index in [1.165, 1.54) is 0 Å². The molecule has 24 heavy (non-hydrogen) atoms. The number of benzene rings is 2. The van der Waals surface area contributed by atoms with E-state index >= 15 is 0 Å². The number of rotatable bonds is 6. The van der Waals surface area contributed by atoms with E-state index in [4.69, 9.17) is 16.3 Å². The maximum Gasteiger partial charge on any atom is 0.262 e. The molecule has 0 aliphatic rings. The summed E-state index contributed by atoms with van der Waals surface area (Å²) >= 11 is 6.02. The van der Waals surface area contributed by atoms with Crippen molar-refractivity contribution in [2.45, 2.75) is 40.5 Å². The lowest BCUT2D eigenvalue weighted by atomic mass is 10.0. The first-order valence-corrected chi connectivity index (χ1v) is 8.64. The molecule has 0 saturated carbocycles. The van der Waals surface area contributed by atoms with Crippen molar-refractivity contribution in [2.75, 3.05) is 11.9 Å². The average Bonchev–Trinajstić information content (AvgIpc) is 2.54. The van der Waals surface area contributed by atoms with Gasteiger partial charge in [0.2, 0.25) is 0 Å². The van der Waals surface area contributed by atoms with Crippen molar-refractivity contribution in [2.24, 2.45) is 0 Å². The van der Waals surface area contributed by atoms with Crippen LogP contribution in [0.4, 0.5) is 5.69 Å². The Morgan fingerprint density at radius 2 is 1.62 bits per heavy atom. The van der Waals surface area contributed by atoms with Gasteiger partial charge in [0.1, 0.15) is 5.75 Å². The van der Waals surface area contributed by atoms with Crippen molar-refractivity contribution in [3.05, 3.63) is 57.6 Å². The molecule has 1 amide bonds. The predicted molar refractivity (Wildman–Crippen MR) is 100 cm³/mol. The lowest BCUT2D eigenvalue weighted by Crippen LogP contribution is -2.22. The predicted octanol–water partition coefficient (Wildman–Crippen LogP) is 5.10. The summed E-state index contributed by atoms with van der Waals surface area (Å²) in [7, 11) is 0. The number of amides is 1. The molecular formula is C20H24ClNO2. The molecule has 1 N–H and O–H groups in total. The van der Waals surface area contributed by atoms with Crippen LogP contribution in [0.25, 0.3) is 0 Å². The zero-order valence-corrected chi connectivity index (χ0v) is 15.5. The highest BCUT2D eigenvalue weighted by atomic mass is 35.5. The van der Waals surface area contributed by atoms with Crippen LogP contribution in [0, 0.1) is 13.8 Å². The Morgan fingerprint density at radius 3 is 2.12 bits per heavy atom. The topological polar surface area (TPSA) is 38.3 Å². The Balaban J connectivity index is 2.10. The number of nitrogens with one attached hydrogen (secondary N) is 1. The Hall–Kier alpha value is -2.00.